The quantitative estimate of drug-likeness (QED) is 0.847. The van der Waals surface area contributed by atoms with Crippen molar-refractivity contribution in [3.05, 3.63) is 27.2 Å². The highest BCUT2D eigenvalue weighted by atomic mass is 79.9. The van der Waals surface area contributed by atoms with Crippen molar-refractivity contribution in [3.63, 3.8) is 0 Å². The molecule has 0 aliphatic heterocycles. The molecule has 17 heavy (non-hydrogen) atoms. The van der Waals surface area contributed by atoms with Gasteiger partial charge in [0.1, 0.15) is 5.75 Å². The van der Waals surface area contributed by atoms with Crippen molar-refractivity contribution in [1.29, 1.82) is 0 Å². The molecule has 1 aromatic rings. The van der Waals surface area contributed by atoms with Crippen LogP contribution in [0.15, 0.2) is 16.6 Å². The smallest absolute Gasteiger partial charge is 0.188 e. The van der Waals surface area contributed by atoms with Gasteiger partial charge in [0, 0.05) is 23.2 Å². The Balaban J connectivity index is 2.18. The topological polar surface area (TPSA) is 38.7 Å². The third kappa shape index (κ3) is 2.94. The summed E-state index contributed by atoms with van der Waals surface area (Å²) in [5.41, 5.74) is 1.07. The number of ether oxygens (including phenoxy) is 2. The molecule has 1 N–H and O–H groups in total. The molecular weight excluding hydrogens is 307 g/mol. The van der Waals surface area contributed by atoms with Gasteiger partial charge in [-0.3, -0.25) is 0 Å². The highest BCUT2D eigenvalue weighted by Gasteiger charge is 2.40. The first kappa shape index (κ1) is 13.1. The SMILES string of the molecule is COCOc1cc(Cl)c([C@H]2C[C@H]2CO)c(Br)c1. The summed E-state index contributed by atoms with van der Waals surface area (Å²) in [6.07, 6.45) is 0.993. The Morgan fingerprint density at radius 1 is 1.53 bits per heavy atom. The fourth-order valence-electron chi connectivity index (χ4n) is 1.93. The second kappa shape index (κ2) is 5.57. The third-order valence-electron chi connectivity index (χ3n) is 2.92. The van der Waals surface area contributed by atoms with Gasteiger partial charge in [0.2, 0.25) is 0 Å². The van der Waals surface area contributed by atoms with Crippen molar-refractivity contribution in [2.75, 3.05) is 20.5 Å². The molecule has 1 fully saturated rings. The molecule has 2 atom stereocenters. The van der Waals surface area contributed by atoms with Crippen molar-refractivity contribution < 1.29 is 14.6 Å². The monoisotopic (exact) mass is 320 g/mol. The van der Waals surface area contributed by atoms with Crippen LogP contribution in [0.4, 0.5) is 0 Å². The van der Waals surface area contributed by atoms with Crippen LogP contribution >= 0.6 is 27.5 Å². The van der Waals surface area contributed by atoms with E-state index in [1.54, 1.807) is 13.2 Å². The van der Waals surface area contributed by atoms with E-state index in [4.69, 9.17) is 26.2 Å². The first-order chi connectivity index (χ1) is 8.17. The van der Waals surface area contributed by atoms with Crippen molar-refractivity contribution in [2.45, 2.75) is 12.3 Å². The minimum atomic E-state index is 0.199. The van der Waals surface area contributed by atoms with E-state index in [1.807, 2.05) is 6.07 Å². The second-order valence-corrected chi connectivity index (χ2v) is 5.40. The number of halogens is 2. The molecule has 0 unspecified atom stereocenters. The van der Waals surface area contributed by atoms with E-state index in [-0.39, 0.29) is 13.4 Å². The molecule has 0 saturated heterocycles. The fourth-order valence-corrected chi connectivity index (χ4v) is 3.13. The molecule has 0 heterocycles. The summed E-state index contributed by atoms with van der Waals surface area (Å²) in [5, 5.41) is 9.76. The van der Waals surface area contributed by atoms with Crippen molar-refractivity contribution in [2.24, 2.45) is 5.92 Å². The molecule has 5 heteroatoms. The maximum atomic E-state index is 9.09. The number of hydrogen-bond acceptors (Lipinski definition) is 3. The van der Waals surface area contributed by atoms with Crippen LogP contribution in [0.5, 0.6) is 5.75 Å². The summed E-state index contributed by atoms with van der Waals surface area (Å²) in [4.78, 5) is 0. The van der Waals surface area contributed by atoms with Crippen LogP contribution in [-0.2, 0) is 4.74 Å². The first-order valence-electron chi connectivity index (χ1n) is 5.39. The zero-order valence-corrected chi connectivity index (χ0v) is 11.8. The van der Waals surface area contributed by atoms with E-state index in [9.17, 15) is 0 Å². The number of rotatable bonds is 5. The molecule has 2 rings (SSSR count). The van der Waals surface area contributed by atoms with E-state index < -0.39 is 0 Å². The average Bonchev–Trinajstić information content (AvgIpc) is 3.05. The lowest BCUT2D eigenvalue weighted by atomic mass is 10.1. The van der Waals surface area contributed by atoms with Gasteiger partial charge >= 0.3 is 0 Å². The highest BCUT2D eigenvalue weighted by molar-refractivity contribution is 9.10. The lowest BCUT2D eigenvalue weighted by Gasteiger charge is -2.10. The van der Waals surface area contributed by atoms with Crippen LogP contribution in [0.3, 0.4) is 0 Å². The Bertz CT molecular complexity index is 388. The number of methoxy groups -OCH3 is 1. The van der Waals surface area contributed by atoms with E-state index in [0.717, 1.165) is 16.5 Å². The van der Waals surface area contributed by atoms with Gasteiger partial charge in [0.05, 0.1) is 0 Å². The predicted molar refractivity (Wildman–Crippen MR) is 69.6 cm³/mol. The van der Waals surface area contributed by atoms with Crippen LogP contribution in [0.1, 0.15) is 17.9 Å². The van der Waals surface area contributed by atoms with Gasteiger partial charge in [-0.2, -0.15) is 0 Å². The summed E-state index contributed by atoms with van der Waals surface area (Å²) in [5.74, 6) is 1.38. The Morgan fingerprint density at radius 3 is 2.82 bits per heavy atom. The largest absolute Gasteiger partial charge is 0.467 e. The molecule has 0 aromatic heterocycles. The molecule has 94 valence electrons. The van der Waals surface area contributed by atoms with Crippen molar-refractivity contribution in [3.8, 4) is 5.75 Å². The number of aliphatic hydroxyl groups excluding tert-OH is 1. The van der Waals surface area contributed by atoms with Gasteiger partial charge in [-0.25, -0.2) is 0 Å². The standard InChI is InChI=1S/C12H14BrClO3/c1-16-6-17-8-3-10(13)12(11(14)4-8)9-2-7(9)5-15/h3-4,7,9,15H,2,5-6H2,1H3/t7-,9-/m0/s1. The molecular formula is C12H14BrClO3. The molecule has 1 aliphatic carbocycles. The van der Waals surface area contributed by atoms with Crippen LogP contribution in [0.2, 0.25) is 5.02 Å². The number of benzene rings is 1. The van der Waals surface area contributed by atoms with Crippen LogP contribution in [0, 0.1) is 5.92 Å². The maximum Gasteiger partial charge on any atom is 0.188 e. The summed E-state index contributed by atoms with van der Waals surface area (Å²) < 4.78 is 11.1. The Morgan fingerprint density at radius 2 is 2.29 bits per heavy atom. The average molecular weight is 322 g/mol. The number of hydrogen-bond donors (Lipinski definition) is 1. The van der Waals surface area contributed by atoms with Crippen LogP contribution in [-0.4, -0.2) is 25.6 Å². The second-order valence-electron chi connectivity index (χ2n) is 4.14. The highest BCUT2D eigenvalue weighted by Crippen LogP contribution is 2.52. The Hall–Kier alpha value is -0.290. The third-order valence-corrected chi connectivity index (χ3v) is 3.89. The minimum absolute atomic E-state index is 0.199. The predicted octanol–water partition coefficient (Wildman–Crippen LogP) is 3.18. The molecule has 1 aromatic carbocycles. The van der Waals surface area contributed by atoms with Crippen LogP contribution in [0.25, 0.3) is 0 Å². The Labute approximate surface area is 114 Å². The molecule has 1 saturated carbocycles. The van der Waals surface area contributed by atoms with Gasteiger partial charge in [-0.15, -0.1) is 0 Å². The van der Waals surface area contributed by atoms with Gasteiger partial charge in [0.25, 0.3) is 0 Å². The number of aliphatic hydroxyl groups is 1. The minimum Gasteiger partial charge on any atom is -0.467 e. The zero-order valence-electron chi connectivity index (χ0n) is 9.45. The molecule has 0 bridgehead atoms. The van der Waals surface area contributed by atoms with Gasteiger partial charge in [-0.05, 0) is 36.0 Å². The van der Waals surface area contributed by atoms with E-state index >= 15 is 0 Å². The van der Waals surface area contributed by atoms with Crippen LogP contribution < -0.4 is 4.74 Å². The fraction of sp³-hybridized carbons (Fsp3) is 0.500. The summed E-state index contributed by atoms with van der Waals surface area (Å²) in [7, 11) is 1.57. The molecule has 0 amide bonds. The maximum absolute atomic E-state index is 9.09. The molecule has 0 spiro atoms. The summed E-state index contributed by atoms with van der Waals surface area (Å²) >= 11 is 9.74. The lowest BCUT2D eigenvalue weighted by Crippen LogP contribution is -2.00. The zero-order chi connectivity index (χ0) is 12.4. The van der Waals surface area contributed by atoms with Gasteiger partial charge in [0.15, 0.2) is 6.79 Å². The van der Waals surface area contributed by atoms with E-state index in [0.29, 0.717) is 22.6 Å². The summed E-state index contributed by atoms with van der Waals surface area (Å²) in [6, 6.07) is 3.67. The lowest BCUT2D eigenvalue weighted by molar-refractivity contribution is 0.0511. The van der Waals surface area contributed by atoms with Gasteiger partial charge < -0.3 is 14.6 Å². The first-order valence-corrected chi connectivity index (χ1v) is 6.56. The normalized spacial score (nSPS) is 22.6. The summed E-state index contributed by atoms with van der Waals surface area (Å²) in [6.45, 7) is 0.417. The van der Waals surface area contributed by atoms with Gasteiger partial charge in [-0.1, -0.05) is 27.5 Å². The molecule has 0 radical (unpaired) electrons. The molecule has 1 aliphatic rings. The van der Waals surface area contributed by atoms with Crippen molar-refractivity contribution >= 4 is 27.5 Å². The molecule has 3 nitrogen and oxygen atoms in total. The Kier molecular flexibility index (Phi) is 4.31. The van der Waals surface area contributed by atoms with E-state index in [2.05, 4.69) is 15.9 Å². The van der Waals surface area contributed by atoms with E-state index in [1.165, 1.54) is 0 Å². The van der Waals surface area contributed by atoms with Crippen molar-refractivity contribution in [1.82, 2.24) is 0 Å².